The number of hydrogen-bond donors (Lipinski definition) is 0. The summed E-state index contributed by atoms with van der Waals surface area (Å²) in [5.41, 5.74) is -2.08. The Hall–Kier alpha value is -4.14. The van der Waals surface area contributed by atoms with Crippen LogP contribution in [-0.4, -0.2) is 13.1 Å². The van der Waals surface area contributed by atoms with Gasteiger partial charge in [-0.3, -0.25) is 4.79 Å². The Morgan fingerprint density at radius 1 is 0.970 bits per heavy atom. The number of carbonyl (C=O) groups excluding carboxylic acids is 1. The first-order chi connectivity index (χ1) is 15.7. The molecule has 9 heteroatoms. The average molecular weight is 458 g/mol. The normalized spacial score (nSPS) is 11.4. The molecule has 0 radical (unpaired) electrons. The van der Waals surface area contributed by atoms with Gasteiger partial charge in [0.05, 0.1) is 23.6 Å². The van der Waals surface area contributed by atoms with Crippen LogP contribution < -0.4 is 14.9 Å². The fourth-order valence-corrected chi connectivity index (χ4v) is 3.28. The molecule has 0 aliphatic carbocycles. The molecule has 5 nitrogen and oxygen atoms in total. The zero-order valence-corrected chi connectivity index (χ0v) is 16.9. The van der Waals surface area contributed by atoms with Crippen molar-refractivity contribution in [3.05, 3.63) is 94.1 Å². The van der Waals surface area contributed by atoms with Crippen molar-refractivity contribution in [2.75, 3.05) is 7.11 Å². The lowest BCUT2D eigenvalue weighted by Crippen LogP contribution is -2.16. The Bertz CT molecular complexity index is 1410. The molecule has 0 aliphatic rings. The van der Waals surface area contributed by atoms with Crippen LogP contribution in [0.5, 0.6) is 11.5 Å². The molecule has 168 valence electrons. The van der Waals surface area contributed by atoms with Gasteiger partial charge in [0.2, 0.25) is 11.2 Å². The fraction of sp³-hybridized carbons (Fsp3) is 0.0833. The molecule has 1 heterocycles. The van der Waals surface area contributed by atoms with Crippen molar-refractivity contribution in [2.24, 2.45) is 0 Å². The Morgan fingerprint density at radius 2 is 1.67 bits per heavy atom. The maximum atomic E-state index is 13.9. The van der Waals surface area contributed by atoms with Crippen LogP contribution in [0.15, 0.2) is 75.9 Å². The minimum Gasteiger partial charge on any atom is -0.496 e. The van der Waals surface area contributed by atoms with Gasteiger partial charge >= 0.3 is 12.1 Å². The minimum atomic E-state index is -5.00. The molecular formula is C24H14F4O5. The summed E-state index contributed by atoms with van der Waals surface area (Å²) in [6.45, 7) is 0. The lowest BCUT2D eigenvalue weighted by atomic mass is 10.0. The van der Waals surface area contributed by atoms with Crippen LogP contribution in [0.1, 0.15) is 16.1 Å². The maximum absolute atomic E-state index is 13.9. The molecule has 1 aromatic heterocycles. The highest BCUT2D eigenvalue weighted by Crippen LogP contribution is 2.40. The largest absolute Gasteiger partial charge is 0.496 e. The van der Waals surface area contributed by atoms with E-state index in [1.165, 1.54) is 49.6 Å². The third kappa shape index (κ3) is 4.30. The number of methoxy groups -OCH3 is 1. The molecule has 0 unspecified atom stereocenters. The zero-order chi connectivity index (χ0) is 23.8. The van der Waals surface area contributed by atoms with Crippen LogP contribution in [0.25, 0.3) is 22.1 Å². The summed E-state index contributed by atoms with van der Waals surface area (Å²) < 4.78 is 70.0. The molecule has 0 spiro atoms. The van der Waals surface area contributed by atoms with Gasteiger partial charge in [-0.25, -0.2) is 9.18 Å². The van der Waals surface area contributed by atoms with E-state index in [2.05, 4.69) is 0 Å². The zero-order valence-electron chi connectivity index (χ0n) is 16.9. The average Bonchev–Trinajstić information content (AvgIpc) is 2.78. The van der Waals surface area contributed by atoms with E-state index in [9.17, 15) is 27.2 Å². The molecule has 3 aromatic carbocycles. The van der Waals surface area contributed by atoms with Gasteiger partial charge in [0, 0.05) is 11.6 Å². The SMILES string of the molecule is COc1ccccc1-c1c(C(F)(F)F)oc2cc(OC(=O)c3ccc(F)cc3)ccc2c1=O. The molecule has 4 aromatic rings. The molecule has 33 heavy (non-hydrogen) atoms. The van der Waals surface area contributed by atoms with E-state index in [1.807, 2.05) is 0 Å². The number of para-hydroxylation sites is 1. The molecule has 0 N–H and O–H groups in total. The van der Waals surface area contributed by atoms with Gasteiger partial charge in [0.25, 0.3) is 0 Å². The minimum absolute atomic E-state index is 0.0282. The first-order valence-electron chi connectivity index (χ1n) is 9.48. The summed E-state index contributed by atoms with van der Waals surface area (Å²) in [5, 5.41) is -0.148. The van der Waals surface area contributed by atoms with Crippen LogP contribution in [0.2, 0.25) is 0 Å². The maximum Gasteiger partial charge on any atom is 0.450 e. The Morgan fingerprint density at radius 3 is 2.33 bits per heavy atom. The van der Waals surface area contributed by atoms with Gasteiger partial charge in [-0.15, -0.1) is 0 Å². The predicted octanol–water partition coefficient (Wildman–Crippen LogP) is 5.85. The summed E-state index contributed by atoms with van der Waals surface area (Å²) in [6.07, 6.45) is -5.00. The predicted molar refractivity (Wildman–Crippen MR) is 111 cm³/mol. The van der Waals surface area contributed by atoms with Gasteiger partial charge < -0.3 is 13.9 Å². The fourth-order valence-electron chi connectivity index (χ4n) is 3.28. The van der Waals surface area contributed by atoms with Gasteiger partial charge in [-0.05, 0) is 42.5 Å². The van der Waals surface area contributed by atoms with Crippen molar-refractivity contribution in [1.82, 2.24) is 0 Å². The number of carbonyl (C=O) groups is 1. The highest BCUT2D eigenvalue weighted by molar-refractivity contribution is 5.92. The van der Waals surface area contributed by atoms with E-state index >= 15 is 0 Å². The van der Waals surface area contributed by atoms with Crippen LogP contribution in [-0.2, 0) is 6.18 Å². The Kier molecular flexibility index (Phi) is 5.63. The standard InChI is InChI=1S/C24H14F4O5/c1-31-18-5-3-2-4-16(18)20-21(29)17-11-10-15(12-19(17)33-22(20)24(26,27)28)32-23(30)13-6-8-14(25)9-7-13/h2-12H,1H3. The Balaban J connectivity index is 1.84. The van der Waals surface area contributed by atoms with E-state index in [1.54, 1.807) is 6.07 Å². The van der Waals surface area contributed by atoms with Crippen molar-refractivity contribution in [3.8, 4) is 22.6 Å². The summed E-state index contributed by atoms with van der Waals surface area (Å²) in [7, 11) is 1.27. The second kappa shape index (κ2) is 8.42. The number of hydrogen-bond acceptors (Lipinski definition) is 5. The van der Waals surface area contributed by atoms with E-state index in [-0.39, 0.29) is 28.0 Å². The molecule has 0 fully saturated rings. The van der Waals surface area contributed by atoms with Gasteiger partial charge in [-0.2, -0.15) is 13.2 Å². The van der Waals surface area contributed by atoms with E-state index in [4.69, 9.17) is 13.9 Å². The van der Waals surface area contributed by atoms with Crippen LogP contribution >= 0.6 is 0 Å². The molecule has 0 aliphatic heterocycles. The number of halogens is 4. The number of esters is 1. The molecule has 4 rings (SSSR count). The summed E-state index contributed by atoms with van der Waals surface area (Å²) >= 11 is 0. The summed E-state index contributed by atoms with van der Waals surface area (Å²) in [5.74, 6) is -3.01. The van der Waals surface area contributed by atoms with Gasteiger partial charge in [0.1, 0.15) is 22.9 Å². The highest BCUT2D eigenvalue weighted by Gasteiger charge is 2.40. The van der Waals surface area contributed by atoms with Gasteiger partial charge in [-0.1, -0.05) is 18.2 Å². The molecule has 0 bridgehead atoms. The number of ether oxygens (including phenoxy) is 2. The number of rotatable bonds is 4. The number of benzene rings is 3. The molecule has 0 amide bonds. The summed E-state index contributed by atoms with van der Waals surface area (Å²) in [6, 6.07) is 13.8. The third-order valence-electron chi connectivity index (χ3n) is 4.79. The van der Waals surface area contributed by atoms with Gasteiger partial charge in [0.15, 0.2) is 0 Å². The van der Waals surface area contributed by atoms with Crippen molar-refractivity contribution in [2.45, 2.75) is 6.18 Å². The van der Waals surface area contributed by atoms with Crippen molar-refractivity contribution in [3.63, 3.8) is 0 Å². The Labute approximate surface area is 183 Å². The third-order valence-corrected chi connectivity index (χ3v) is 4.79. The van der Waals surface area contributed by atoms with Crippen LogP contribution in [0.3, 0.4) is 0 Å². The molecule has 0 saturated heterocycles. The van der Waals surface area contributed by atoms with Crippen LogP contribution in [0, 0.1) is 5.82 Å². The number of fused-ring (bicyclic) bond motifs is 1. The molecular weight excluding hydrogens is 444 g/mol. The first-order valence-corrected chi connectivity index (χ1v) is 9.48. The van der Waals surface area contributed by atoms with Crippen molar-refractivity contribution >= 4 is 16.9 Å². The van der Waals surface area contributed by atoms with E-state index in [0.29, 0.717) is 0 Å². The van der Waals surface area contributed by atoms with Crippen molar-refractivity contribution in [1.29, 1.82) is 0 Å². The lowest BCUT2D eigenvalue weighted by Gasteiger charge is -2.15. The second-order valence-corrected chi connectivity index (χ2v) is 6.89. The van der Waals surface area contributed by atoms with E-state index in [0.717, 1.165) is 18.2 Å². The first kappa shape index (κ1) is 22.1. The smallest absolute Gasteiger partial charge is 0.450 e. The monoisotopic (exact) mass is 458 g/mol. The molecule has 0 saturated carbocycles. The lowest BCUT2D eigenvalue weighted by molar-refractivity contribution is -0.152. The topological polar surface area (TPSA) is 65.7 Å². The molecule has 0 atom stereocenters. The summed E-state index contributed by atoms with van der Waals surface area (Å²) in [4.78, 5) is 25.3. The number of alkyl halides is 3. The quantitative estimate of drug-likeness (QED) is 0.218. The second-order valence-electron chi connectivity index (χ2n) is 6.89. The van der Waals surface area contributed by atoms with Crippen LogP contribution in [0.4, 0.5) is 17.6 Å². The van der Waals surface area contributed by atoms with E-state index < -0.39 is 40.3 Å². The highest BCUT2D eigenvalue weighted by atomic mass is 19.4. The van der Waals surface area contributed by atoms with Crippen molar-refractivity contribution < 1.29 is 36.2 Å².